The van der Waals surface area contributed by atoms with E-state index in [9.17, 15) is 4.39 Å². The molecule has 144 valence electrons. The minimum atomic E-state index is -0.281. The van der Waals surface area contributed by atoms with Crippen LogP contribution in [0.15, 0.2) is 78.9 Å². The molecule has 0 spiro atoms. The molecular formula is C25H22FN3. The first-order valence-corrected chi connectivity index (χ1v) is 10.1. The fourth-order valence-corrected chi connectivity index (χ4v) is 4.40. The van der Waals surface area contributed by atoms with Crippen LogP contribution in [0.3, 0.4) is 0 Å². The van der Waals surface area contributed by atoms with Crippen LogP contribution in [0.5, 0.6) is 0 Å². The zero-order valence-corrected chi connectivity index (χ0v) is 16.1. The van der Waals surface area contributed by atoms with E-state index in [1.165, 1.54) is 11.6 Å². The maximum atomic E-state index is 14.7. The number of halogens is 1. The first-order chi connectivity index (χ1) is 14.3. The summed E-state index contributed by atoms with van der Waals surface area (Å²) in [7, 11) is 0. The van der Waals surface area contributed by atoms with Crippen LogP contribution in [-0.4, -0.2) is 23.1 Å². The first kappa shape index (κ1) is 18.0. The number of piperidine rings is 1. The fourth-order valence-electron chi connectivity index (χ4n) is 4.40. The maximum Gasteiger partial charge on any atom is 0.140 e. The molecule has 1 aliphatic rings. The van der Waals surface area contributed by atoms with E-state index in [4.69, 9.17) is 9.97 Å². The van der Waals surface area contributed by atoms with Crippen LogP contribution >= 0.6 is 0 Å². The normalized spacial score (nSPS) is 16.0. The zero-order valence-electron chi connectivity index (χ0n) is 16.1. The van der Waals surface area contributed by atoms with E-state index < -0.39 is 0 Å². The van der Waals surface area contributed by atoms with E-state index in [1.807, 2.05) is 36.4 Å². The molecule has 0 saturated carbocycles. The number of rotatable bonds is 3. The van der Waals surface area contributed by atoms with Gasteiger partial charge in [0.2, 0.25) is 0 Å². The van der Waals surface area contributed by atoms with E-state index in [0.29, 0.717) is 11.3 Å². The molecule has 0 unspecified atom stereocenters. The van der Waals surface area contributed by atoms with Crippen molar-refractivity contribution in [2.24, 2.45) is 0 Å². The van der Waals surface area contributed by atoms with Gasteiger partial charge in [0.1, 0.15) is 11.6 Å². The molecule has 0 radical (unpaired) electrons. The molecule has 3 aromatic carbocycles. The summed E-state index contributed by atoms with van der Waals surface area (Å²) >= 11 is 0. The number of nitrogens with one attached hydrogen (secondary N) is 1. The lowest BCUT2D eigenvalue weighted by Gasteiger charge is -2.37. The number of nitrogens with zero attached hydrogens (tertiary/aromatic N) is 2. The summed E-state index contributed by atoms with van der Waals surface area (Å²) in [4.78, 5) is 10.0. The Kier molecular flexibility index (Phi) is 4.57. The smallest absolute Gasteiger partial charge is 0.140 e. The highest BCUT2D eigenvalue weighted by Crippen LogP contribution is 2.40. The van der Waals surface area contributed by atoms with Crippen LogP contribution in [-0.2, 0) is 5.41 Å². The van der Waals surface area contributed by atoms with E-state index in [1.54, 1.807) is 12.1 Å². The van der Waals surface area contributed by atoms with Crippen molar-refractivity contribution >= 4 is 10.9 Å². The van der Waals surface area contributed by atoms with E-state index in [2.05, 4.69) is 29.6 Å². The predicted octanol–water partition coefficient (Wildman–Crippen LogP) is 5.11. The summed E-state index contributed by atoms with van der Waals surface area (Å²) in [6, 6.07) is 25.2. The van der Waals surface area contributed by atoms with Gasteiger partial charge >= 0.3 is 0 Å². The van der Waals surface area contributed by atoms with E-state index in [0.717, 1.165) is 42.7 Å². The van der Waals surface area contributed by atoms with Gasteiger partial charge in [0.05, 0.1) is 16.6 Å². The molecule has 1 fully saturated rings. The molecule has 4 heteroatoms. The minimum Gasteiger partial charge on any atom is -0.317 e. The average Bonchev–Trinajstić information content (AvgIpc) is 2.80. The molecule has 0 atom stereocenters. The summed E-state index contributed by atoms with van der Waals surface area (Å²) in [5.74, 6) is 0.517. The van der Waals surface area contributed by atoms with Crippen LogP contribution < -0.4 is 5.32 Å². The van der Waals surface area contributed by atoms with Gasteiger partial charge in [-0.3, -0.25) is 0 Å². The van der Waals surface area contributed by atoms with Crippen LogP contribution in [0.4, 0.5) is 4.39 Å². The monoisotopic (exact) mass is 383 g/mol. The Balaban J connectivity index is 1.80. The molecule has 1 saturated heterocycles. The third-order valence-electron chi connectivity index (χ3n) is 5.94. The standard InChI is InChI=1S/C25H22FN3/c26-21-12-6-4-10-19(21)23-20-11-5-7-13-22(20)28-24(29-23)25(14-16-27-17-15-25)18-8-2-1-3-9-18/h1-13,27H,14-17H2. The molecule has 29 heavy (non-hydrogen) atoms. The Hall–Kier alpha value is -3.11. The fraction of sp³-hybridized carbons (Fsp3) is 0.200. The zero-order chi connectivity index (χ0) is 19.7. The lowest BCUT2D eigenvalue weighted by Crippen LogP contribution is -2.42. The highest BCUT2D eigenvalue weighted by atomic mass is 19.1. The van der Waals surface area contributed by atoms with Crippen molar-refractivity contribution in [2.45, 2.75) is 18.3 Å². The van der Waals surface area contributed by atoms with Gasteiger partial charge in [0.25, 0.3) is 0 Å². The highest BCUT2D eigenvalue weighted by molar-refractivity contribution is 5.92. The van der Waals surface area contributed by atoms with Crippen molar-refractivity contribution in [3.63, 3.8) is 0 Å². The highest BCUT2D eigenvalue weighted by Gasteiger charge is 2.39. The lowest BCUT2D eigenvalue weighted by molar-refractivity contribution is 0.347. The summed E-state index contributed by atoms with van der Waals surface area (Å²) < 4.78 is 14.7. The molecule has 3 nitrogen and oxygen atoms in total. The molecule has 0 bridgehead atoms. The molecule has 1 N–H and O–H groups in total. The molecule has 1 aromatic heterocycles. The Morgan fingerprint density at radius 1 is 0.759 bits per heavy atom. The number of hydrogen-bond donors (Lipinski definition) is 1. The van der Waals surface area contributed by atoms with Crippen LogP contribution in [0.25, 0.3) is 22.2 Å². The second-order valence-corrected chi connectivity index (χ2v) is 7.59. The Morgan fingerprint density at radius 3 is 2.24 bits per heavy atom. The van der Waals surface area contributed by atoms with Gasteiger partial charge in [-0.05, 0) is 49.7 Å². The summed E-state index contributed by atoms with van der Waals surface area (Å²) in [5.41, 5.74) is 2.97. The minimum absolute atomic E-state index is 0.263. The number of fused-ring (bicyclic) bond motifs is 1. The van der Waals surface area contributed by atoms with Gasteiger partial charge in [0, 0.05) is 10.9 Å². The molecule has 0 aliphatic carbocycles. The molecule has 5 rings (SSSR count). The van der Waals surface area contributed by atoms with Crippen molar-refractivity contribution in [1.29, 1.82) is 0 Å². The van der Waals surface area contributed by atoms with Gasteiger partial charge < -0.3 is 5.32 Å². The van der Waals surface area contributed by atoms with Crippen molar-refractivity contribution in [3.8, 4) is 11.3 Å². The van der Waals surface area contributed by atoms with Crippen molar-refractivity contribution < 1.29 is 4.39 Å². The van der Waals surface area contributed by atoms with Gasteiger partial charge in [-0.2, -0.15) is 0 Å². The molecular weight excluding hydrogens is 361 g/mol. The van der Waals surface area contributed by atoms with Crippen LogP contribution in [0.1, 0.15) is 24.2 Å². The first-order valence-electron chi connectivity index (χ1n) is 10.1. The molecule has 0 amide bonds. The van der Waals surface area contributed by atoms with E-state index >= 15 is 0 Å². The van der Waals surface area contributed by atoms with Crippen LogP contribution in [0, 0.1) is 5.82 Å². The van der Waals surface area contributed by atoms with Gasteiger partial charge in [0.15, 0.2) is 0 Å². The topological polar surface area (TPSA) is 37.8 Å². The van der Waals surface area contributed by atoms with Crippen molar-refractivity contribution in [2.75, 3.05) is 13.1 Å². The maximum absolute atomic E-state index is 14.7. The molecule has 2 heterocycles. The Bertz CT molecular complexity index is 1150. The second kappa shape index (κ2) is 7.37. The van der Waals surface area contributed by atoms with Gasteiger partial charge in [-0.15, -0.1) is 0 Å². The van der Waals surface area contributed by atoms with Crippen molar-refractivity contribution in [3.05, 3.63) is 96.1 Å². The number of para-hydroxylation sites is 1. The molecule has 4 aromatic rings. The van der Waals surface area contributed by atoms with Crippen LogP contribution in [0.2, 0.25) is 0 Å². The Morgan fingerprint density at radius 2 is 1.45 bits per heavy atom. The predicted molar refractivity (Wildman–Crippen MR) is 114 cm³/mol. The summed E-state index contributed by atoms with van der Waals surface area (Å²) in [5, 5.41) is 4.33. The van der Waals surface area contributed by atoms with Gasteiger partial charge in [-0.1, -0.05) is 60.7 Å². The number of hydrogen-bond acceptors (Lipinski definition) is 3. The largest absolute Gasteiger partial charge is 0.317 e. The SMILES string of the molecule is Fc1ccccc1-c1nc(C2(c3ccccc3)CCNCC2)nc2ccccc12. The second-order valence-electron chi connectivity index (χ2n) is 7.59. The summed E-state index contributed by atoms with van der Waals surface area (Å²) in [6.45, 7) is 1.81. The molecule has 1 aliphatic heterocycles. The number of aromatic nitrogens is 2. The van der Waals surface area contributed by atoms with Gasteiger partial charge in [-0.25, -0.2) is 14.4 Å². The third kappa shape index (κ3) is 3.10. The summed E-state index contributed by atoms with van der Waals surface area (Å²) in [6.07, 6.45) is 1.82. The van der Waals surface area contributed by atoms with Crippen molar-refractivity contribution in [1.82, 2.24) is 15.3 Å². The number of benzene rings is 3. The average molecular weight is 383 g/mol. The Labute approximate surface area is 169 Å². The van der Waals surface area contributed by atoms with E-state index in [-0.39, 0.29) is 11.2 Å². The third-order valence-corrected chi connectivity index (χ3v) is 5.94. The quantitative estimate of drug-likeness (QED) is 0.534. The lowest BCUT2D eigenvalue weighted by atomic mass is 9.72.